The fourth-order valence-corrected chi connectivity index (χ4v) is 1.37. The Morgan fingerprint density at radius 3 is 2.93 bits per heavy atom. The van der Waals surface area contributed by atoms with E-state index in [1.807, 2.05) is 7.05 Å². The summed E-state index contributed by atoms with van der Waals surface area (Å²) < 4.78 is 5.62. The average Bonchev–Trinajstić information content (AvgIpc) is 2.25. The van der Waals surface area contributed by atoms with Gasteiger partial charge in [0.1, 0.15) is 0 Å². The third kappa shape index (κ3) is 4.19. The Kier molecular flexibility index (Phi) is 5.78. The molecule has 1 aliphatic heterocycles. The van der Waals surface area contributed by atoms with E-state index in [1.54, 1.807) is 0 Å². The van der Waals surface area contributed by atoms with E-state index in [9.17, 15) is 0 Å². The van der Waals surface area contributed by atoms with E-state index < -0.39 is 0 Å². The largest absolute Gasteiger partial charge is 0.371 e. The second kappa shape index (κ2) is 6.95. The van der Waals surface area contributed by atoms with Gasteiger partial charge in [-0.2, -0.15) is 0 Å². The molecule has 1 heterocycles. The van der Waals surface area contributed by atoms with Gasteiger partial charge in [0, 0.05) is 12.6 Å². The Morgan fingerprint density at radius 1 is 1.50 bits per heavy atom. The zero-order valence-corrected chi connectivity index (χ0v) is 8.83. The molecule has 82 valence electrons. The third-order valence-corrected chi connectivity index (χ3v) is 2.32. The van der Waals surface area contributed by atoms with Crippen molar-refractivity contribution in [2.45, 2.75) is 18.6 Å². The maximum Gasteiger partial charge on any atom is 0.0881 e. The number of nitrogens with one attached hydrogen (secondary N) is 2. The molecule has 4 N–H and O–H groups in total. The fraction of sp³-hybridized carbons (Fsp3) is 0.800. The maximum atomic E-state index is 5.62. The molecule has 1 aliphatic rings. The minimum absolute atomic E-state index is 0.220. The first-order valence-electron chi connectivity index (χ1n) is 5.24. The van der Waals surface area contributed by atoms with Gasteiger partial charge in [0.05, 0.1) is 12.7 Å². The summed E-state index contributed by atoms with van der Waals surface area (Å²) in [5.41, 5.74) is 5.39. The average molecular weight is 199 g/mol. The van der Waals surface area contributed by atoms with Crippen LogP contribution in [0.2, 0.25) is 0 Å². The van der Waals surface area contributed by atoms with E-state index in [0.717, 1.165) is 32.7 Å². The molecule has 2 unspecified atom stereocenters. The van der Waals surface area contributed by atoms with E-state index in [1.165, 1.54) is 0 Å². The molecule has 4 heteroatoms. The lowest BCUT2D eigenvalue weighted by Crippen LogP contribution is -2.38. The van der Waals surface area contributed by atoms with Gasteiger partial charge in [0.25, 0.3) is 0 Å². The molecular weight excluding hydrogens is 178 g/mol. The van der Waals surface area contributed by atoms with Gasteiger partial charge in [-0.3, -0.25) is 0 Å². The van der Waals surface area contributed by atoms with Crippen LogP contribution in [0, 0.1) is 0 Å². The summed E-state index contributed by atoms with van der Waals surface area (Å²) in [5.74, 6) is 0. The Bertz CT molecular complexity index is 173. The van der Waals surface area contributed by atoms with Crippen molar-refractivity contribution in [3.8, 4) is 0 Å². The van der Waals surface area contributed by atoms with Gasteiger partial charge in [-0.05, 0) is 26.6 Å². The normalized spacial score (nSPS) is 26.7. The smallest absolute Gasteiger partial charge is 0.0881 e. The van der Waals surface area contributed by atoms with Gasteiger partial charge in [0.2, 0.25) is 0 Å². The molecule has 0 saturated carbocycles. The minimum Gasteiger partial charge on any atom is -0.371 e. The lowest BCUT2D eigenvalue weighted by molar-refractivity contribution is 0.0663. The monoisotopic (exact) mass is 199 g/mol. The van der Waals surface area contributed by atoms with Crippen LogP contribution >= 0.6 is 0 Å². The predicted molar refractivity (Wildman–Crippen MR) is 58.3 cm³/mol. The van der Waals surface area contributed by atoms with E-state index in [0.29, 0.717) is 6.04 Å². The molecule has 1 rings (SSSR count). The number of nitrogens with two attached hydrogens (primary N) is 1. The van der Waals surface area contributed by atoms with E-state index in [2.05, 4.69) is 22.8 Å². The van der Waals surface area contributed by atoms with Crippen LogP contribution in [0.5, 0.6) is 0 Å². The zero-order chi connectivity index (χ0) is 10.2. The van der Waals surface area contributed by atoms with Crippen molar-refractivity contribution < 1.29 is 4.74 Å². The molecule has 0 bridgehead atoms. The van der Waals surface area contributed by atoms with Crippen LogP contribution < -0.4 is 16.4 Å². The minimum atomic E-state index is 0.220. The quantitative estimate of drug-likeness (QED) is 0.397. The van der Waals surface area contributed by atoms with E-state index in [4.69, 9.17) is 10.5 Å². The lowest BCUT2D eigenvalue weighted by atomic mass is 10.2. The SMILES string of the molecule is CNC1C=CC(CNCCCN)OC1. The van der Waals surface area contributed by atoms with Gasteiger partial charge < -0.3 is 21.1 Å². The number of hydrogen-bond donors (Lipinski definition) is 3. The number of ether oxygens (including phenoxy) is 1. The predicted octanol–water partition coefficient (Wildman–Crippen LogP) is -0.532. The summed E-state index contributed by atoms with van der Waals surface area (Å²) in [6.45, 7) is 3.36. The molecule has 0 aromatic carbocycles. The van der Waals surface area contributed by atoms with Gasteiger partial charge in [0.15, 0.2) is 0 Å². The van der Waals surface area contributed by atoms with Crippen LogP contribution in [-0.2, 0) is 4.74 Å². The Labute approximate surface area is 85.9 Å². The summed E-state index contributed by atoms with van der Waals surface area (Å²) in [5, 5.41) is 6.46. The van der Waals surface area contributed by atoms with E-state index >= 15 is 0 Å². The summed E-state index contributed by atoms with van der Waals surface area (Å²) >= 11 is 0. The second-order valence-corrected chi connectivity index (χ2v) is 3.50. The van der Waals surface area contributed by atoms with Crippen molar-refractivity contribution >= 4 is 0 Å². The molecule has 4 nitrogen and oxygen atoms in total. The molecule has 0 aliphatic carbocycles. The summed E-state index contributed by atoms with van der Waals surface area (Å²) in [7, 11) is 1.94. The molecule has 2 atom stereocenters. The standard InChI is InChI=1S/C10H21N3O/c1-12-9-3-4-10(14-8-9)7-13-6-2-5-11/h3-4,9-10,12-13H,2,5-8,11H2,1H3. The van der Waals surface area contributed by atoms with Crippen LogP contribution in [0.25, 0.3) is 0 Å². The molecule has 0 saturated heterocycles. The van der Waals surface area contributed by atoms with Crippen LogP contribution in [0.4, 0.5) is 0 Å². The van der Waals surface area contributed by atoms with Crippen LogP contribution in [0.3, 0.4) is 0 Å². The first kappa shape index (κ1) is 11.7. The highest BCUT2D eigenvalue weighted by Gasteiger charge is 2.13. The maximum absolute atomic E-state index is 5.62. The summed E-state index contributed by atoms with van der Waals surface area (Å²) in [6, 6.07) is 0.371. The van der Waals surface area contributed by atoms with E-state index in [-0.39, 0.29) is 6.10 Å². The first-order chi connectivity index (χ1) is 6.86. The van der Waals surface area contributed by atoms with Crippen molar-refractivity contribution in [2.24, 2.45) is 5.73 Å². The first-order valence-corrected chi connectivity index (χ1v) is 5.24. The molecular formula is C10H21N3O. The van der Waals surface area contributed by atoms with Crippen LogP contribution in [-0.4, -0.2) is 45.4 Å². The van der Waals surface area contributed by atoms with Crippen molar-refractivity contribution in [1.29, 1.82) is 0 Å². The zero-order valence-electron chi connectivity index (χ0n) is 8.83. The van der Waals surface area contributed by atoms with Gasteiger partial charge >= 0.3 is 0 Å². The highest BCUT2D eigenvalue weighted by molar-refractivity contribution is 5.01. The molecule has 14 heavy (non-hydrogen) atoms. The van der Waals surface area contributed by atoms with Gasteiger partial charge in [-0.15, -0.1) is 0 Å². The van der Waals surface area contributed by atoms with Crippen molar-refractivity contribution in [1.82, 2.24) is 10.6 Å². The summed E-state index contributed by atoms with van der Waals surface area (Å²) in [6.07, 6.45) is 5.52. The molecule has 0 fully saturated rings. The Balaban J connectivity index is 2.09. The molecule has 0 amide bonds. The second-order valence-electron chi connectivity index (χ2n) is 3.50. The van der Waals surface area contributed by atoms with Crippen molar-refractivity contribution in [2.75, 3.05) is 33.3 Å². The number of hydrogen-bond acceptors (Lipinski definition) is 4. The topological polar surface area (TPSA) is 59.3 Å². The molecule has 0 radical (unpaired) electrons. The van der Waals surface area contributed by atoms with Crippen LogP contribution in [0.1, 0.15) is 6.42 Å². The summed E-state index contributed by atoms with van der Waals surface area (Å²) in [4.78, 5) is 0. The lowest BCUT2D eigenvalue weighted by Gasteiger charge is -2.23. The van der Waals surface area contributed by atoms with Gasteiger partial charge in [-0.25, -0.2) is 0 Å². The molecule has 0 aromatic heterocycles. The van der Waals surface area contributed by atoms with Gasteiger partial charge in [-0.1, -0.05) is 12.2 Å². The Morgan fingerprint density at radius 2 is 2.36 bits per heavy atom. The number of rotatable bonds is 6. The molecule has 0 spiro atoms. The molecule has 0 aromatic rings. The van der Waals surface area contributed by atoms with Crippen LogP contribution in [0.15, 0.2) is 12.2 Å². The highest BCUT2D eigenvalue weighted by atomic mass is 16.5. The fourth-order valence-electron chi connectivity index (χ4n) is 1.37. The highest BCUT2D eigenvalue weighted by Crippen LogP contribution is 2.03. The van der Waals surface area contributed by atoms with Crippen molar-refractivity contribution in [3.05, 3.63) is 12.2 Å². The number of likely N-dealkylation sites (N-methyl/N-ethyl adjacent to an activating group) is 1. The van der Waals surface area contributed by atoms with Crippen molar-refractivity contribution in [3.63, 3.8) is 0 Å². The Hall–Kier alpha value is -0.420. The third-order valence-electron chi connectivity index (χ3n) is 2.32.